The first-order valence-corrected chi connectivity index (χ1v) is 6.90. The van der Waals surface area contributed by atoms with Crippen LogP contribution in [-0.2, 0) is 10.0 Å². The number of nitrogens with two attached hydrogens (primary N) is 1. The van der Waals surface area contributed by atoms with Crippen molar-refractivity contribution in [3.63, 3.8) is 0 Å². The van der Waals surface area contributed by atoms with Crippen LogP contribution >= 0.6 is 0 Å². The monoisotopic (exact) mass is 242 g/mol. The number of anilines is 1. The van der Waals surface area contributed by atoms with Gasteiger partial charge in [-0.2, -0.15) is 0 Å². The molecule has 0 amide bonds. The van der Waals surface area contributed by atoms with Crippen LogP contribution in [0.3, 0.4) is 0 Å². The second-order valence-electron chi connectivity index (χ2n) is 3.64. The molecule has 4 nitrogen and oxygen atoms in total. The second-order valence-corrected chi connectivity index (χ2v) is 5.38. The number of nitrogen functional groups attached to an aromatic ring is 1. The van der Waals surface area contributed by atoms with Crippen molar-refractivity contribution >= 4 is 15.7 Å². The molecule has 0 atom stereocenters. The number of rotatable bonds is 6. The summed E-state index contributed by atoms with van der Waals surface area (Å²) in [5, 5.41) is 0. The topological polar surface area (TPSA) is 72.2 Å². The van der Waals surface area contributed by atoms with Gasteiger partial charge in [0.2, 0.25) is 10.0 Å². The molecular formula is C11H18N2O2S. The van der Waals surface area contributed by atoms with Gasteiger partial charge in [0.15, 0.2) is 0 Å². The van der Waals surface area contributed by atoms with E-state index >= 15 is 0 Å². The van der Waals surface area contributed by atoms with Crippen molar-refractivity contribution in [2.45, 2.75) is 31.1 Å². The molecule has 0 aliphatic heterocycles. The molecule has 1 aromatic rings. The van der Waals surface area contributed by atoms with Crippen molar-refractivity contribution in [1.29, 1.82) is 0 Å². The fourth-order valence-electron chi connectivity index (χ4n) is 1.38. The maximum absolute atomic E-state index is 11.8. The van der Waals surface area contributed by atoms with Gasteiger partial charge < -0.3 is 5.73 Å². The Hall–Kier alpha value is -1.07. The average Bonchev–Trinajstić information content (AvgIpc) is 2.25. The maximum atomic E-state index is 11.8. The zero-order valence-corrected chi connectivity index (χ0v) is 10.3. The molecule has 5 heteroatoms. The number of sulfonamides is 1. The molecule has 16 heavy (non-hydrogen) atoms. The molecule has 0 heterocycles. The van der Waals surface area contributed by atoms with E-state index < -0.39 is 10.0 Å². The Morgan fingerprint density at radius 2 is 1.94 bits per heavy atom. The molecule has 90 valence electrons. The molecule has 0 unspecified atom stereocenters. The molecular weight excluding hydrogens is 224 g/mol. The molecule has 0 spiro atoms. The first-order valence-electron chi connectivity index (χ1n) is 5.42. The van der Waals surface area contributed by atoms with Gasteiger partial charge in [0.1, 0.15) is 4.90 Å². The summed E-state index contributed by atoms with van der Waals surface area (Å²) in [6.45, 7) is 2.54. The zero-order valence-electron chi connectivity index (χ0n) is 9.44. The predicted molar refractivity (Wildman–Crippen MR) is 65.6 cm³/mol. The van der Waals surface area contributed by atoms with Gasteiger partial charge >= 0.3 is 0 Å². The van der Waals surface area contributed by atoms with Crippen LogP contribution in [0.15, 0.2) is 29.2 Å². The average molecular weight is 242 g/mol. The summed E-state index contributed by atoms with van der Waals surface area (Å²) in [4.78, 5) is 0.159. The molecule has 0 radical (unpaired) electrons. The number of nitrogens with one attached hydrogen (secondary N) is 1. The lowest BCUT2D eigenvalue weighted by molar-refractivity contribution is 0.576. The van der Waals surface area contributed by atoms with E-state index in [4.69, 9.17) is 5.73 Å². The molecule has 1 aromatic carbocycles. The van der Waals surface area contributed by atoms with Gasteiger partial charge in [0, 0.05) is 6.54 Å². The fraction of sp³-hybridized carbons (Fsp3) is 0.455. The van der Waals surface area contributed by atoms with E-state index in [1.165, 1.54) is 6.07 Å². The summed E-state index contributed by atoms with van der Waals surface area (Å²) in [7, 11) is -3.45. The third-order valence-corrected chi connectivity index (χ3v) is 3.82. The van der Waals surface area contributed by atoms with Gasteiger partial charge in [-0.3, -0.25) is 0 Å². The highest BCUT2D eigenvalue weighted by molar-refractivity contribution is 7.89. The highest BCUT2D eigenvalue weighted by atomic mass is 32.2. The van der Waals surface area contributed by atoms with Crippen LogP contribution in [0.5, 0.6) is 0 Å². The Labute approximate surface area is 96.9 Å². The summed E-state index contributed by atoms with van der Waals surface area (Å²) in [5.41, 5.74) is 5.90. The summed E-state index contributed by atoms with van der Waals surface area (Å²) in [5.74, 6) is 0. The minimum atomic E-state index is -3.45. The summed E-state index contributed by atoms with van der Waals surface area (Å²) >= 11 is 0. The molecule has 0 aliphatic rings. The lowest BCUT2D eigenvalue weighted by Crippen LogP contribution is -2.25. The number of hydrogen-bond acceptors (Lipinski definition) is 3. The lowest BCUT2D eigenvalue weighted by atomic mass is 10.3. The highest BCUT2D eigenvalue weighted by Crippen LogP contribution is 2.16. The van der Waals surface area contributed by atoms with E-state index in [9.17, 15) is 8.42 Å². The zero-order chi connectivity index (χ0) is 12.0. The van der Waals surface area contributed by atoms with Crippen molar-refractivity contribution in [2.75, 3.05) is 12.3 Å². The van der Waals surface area contributed by atoms with E-state index in [1.54, 1.807) is 18.2 Å². The first-order chi connectivity index (χ1) is 7.58. The Morgan fingerprint density at radius 3 is 2.56 bits per heavy atom. The summed E-state index contributed by atoms with van der Waals surface area (Å²) in [6.07, 6.45) is 2.93. The van der Waals surface area contributed by atoms with Crippen LogP contribution in [-0.4, -0.2) is 15.0 Å². The van der Waals surface area contributed by atoms with Crippen LogP contribution in [0.1, 0.15) is 26.2 Å². The standard InChI is InChI=1S/C11H18N2O2S/c1-2-3-6-9-13-16(14,15)11-8-5-4-7-10(11)12/h4-5,7-8,13H,2-3,6,9,12H2,1H3. The molecule has 0 fully saturated rings. The van der Waals surface area contributed by atoms with Crippen LogP contribution < -0.4 is 10.5 Å². The van der Waals surface area contributed by atoms with Crippen molar-refractivity contribution in [1.82, 2.24) is 4.72 Å². The molecule has 1 rings (SSSR count). The van der Waals surface area contributed by atoms with Crippen molar-refractivity contribution < 1.29 is 8.42 Å². The molecule has 0 saturated heterocycles. The van der Waals surface area contributed by atoms with Crippen LogP contribution in [0, 0.1) is 0 Å². The minimum absolute atomic E-state index is 0.159. The maximum Gasteiger partial charge on any atom is 0.242 e. The van der Waals surface area contributed by atoms with Gasteiger partial charge in [0.25, 0.3) is 0 Å². The smallest absolute Gasteiger partial charge is 0.242 e. The van der Waals surface area contributed by atoms with E-state index in [1.807, 2.05) is 0 Å². The Kier molecular flexibility index (Phi) is 4.76. The van der Waals surface area contributed by atoms with E-state index in [-0.39, 0.29) is 10.6 Å². The van der Waals surface area contributed by atoms with E-state index in [2.05, 4.69) is 11.6 Å². The fourth-order valence-corrected chi connectivity index (χ4v) is 2.59. The van der Waals surface area contributed by atoms with Gasteiger partial charge in [0.05, 0.1) is 5.69 Å². The van der Waals surface area contributed by atoms with Crippen LogP contribution in [0.25, 0.3) is 0 Å². The molecule has 0 aromatic heterocycles. The largest absolute Gasteiger partial charge is 0.398 e. The van der Waals surface area contributed by atoms with Crippen LogP contribution in [0.2, 0.25) is 0 Å². The lowest BCUT2D eigenvalue weighted by Gasteiger charge is -2.08. The SMILES string of the molecule is CCCCCNS(=O)(=O)c1ccccc1N. The van der Waals surface area contributed by atoms with Gasteiger partial charge in [-0.1, -0.05) is 31.9 Å². The van der Waals surface area contributed by atoms with Crippen molar-refractivity contribution in [3.8, 4) is 0 Å². The number of benzene rings is 1. The first kappa shape index (κ1) is 13.0. The van der Waals surface area contributed by atoms with Gasteiger partial charge in [-0.05, 0) is 18.6 Å². The van der Waals surface area contributed by atoms with Crippen LogP contribution in [0.4, 0.5) is 5.69 Å². The third kappa shape index (κ3) is 3.50. The summed E-state index contributed by atoms with van der Waals surface area (Å²) in [6, 6.07) is 6.47. The Morgan fingerprint density at radius 1 is 1.25 bits per heavy atom. The van der Waals surface area contributed by atoms with Crippen molar-refractivity contribution in [3.05, 3.63) is 24.3 Å². The van der Waals surface area contributed by atoms with E-state index in [0.29, 0.717) is 6.54 Å². The molecule has 0 bridgehead atoms. The van der Waals surface area contributed by atoms with Gasteiger partial charge in [-0.25, -0.2) is 13.1 Å². The number of unbranched alkanes of at least 4 members (excludes halogenated alkanes) is 2. The van der Waals surface area contributed by atoms with Gasteiger partial charge in [-0.15, -0.1) is 0 Å². The molecule has 0 aliphatic carbocycles. The number of hydrogen-bond donors (Lipinski definition) is 2. The minimum Gasteiger partial charge on any atom is -0.398 e. The quantitative estimate of drug-likeness (QED) is 0.589. The third-order valence-electron chi connectivity index (χ3n) is 2.28. The highest BCUT2D eigenvalue weighted by Gasteiger charge is 2.15. The van der Waals surface area contributed by atoms with E-state index in [0.717, 1.165) is 19.3 Å². The Balaban J connectivity index is 2.68. The Bertz CT molecular complexity index is 429. The number of para-hydroxylation sites is 1. The predicted octanol–water partition coefficient (Wildman–Crippen LogP) is 1.74. The molecule has 3 N–H and O–H groups in total. The second kappa shape index (κ2) is 5.86. The molecule has 0 saturated carbocycles. The summed E-state index contributed by atoms with van der Waals surface area (Å²) < 4.78 is 26.2. The van der Waals surface area contributed by atoms with Crippen molar-refractivity contribution in [2.24, 2.45) is 0 Å². The normalized spacial score (nSPS) is 11.6.